The number of thiazole rings is 1. The number of para-hydroxylation sites is 1. The highest BCUT2D eigenvalue weighted by Crippen LogP contribution is 2.26. The predicted molar refractivity (Wildman–Crippen MR) is 84.6 cm³/mol. The van der Waals surface area contributed by atoms with Crippen molar-refractivity contribution in [3.63, 3.8) is 0 Å². The molecule has 0 atom stereocenters. The first-order chi connectivity index (χ1) is 10.9. The molecule has 3 rings (SSSR count). The summed E-state index contributed by atoms with van der Waals surface area (Å²) in [6.45, 7) is -0.0601. The van der Waals surface area contributed by atoms with Gasteiger partial charge in [0.25, 0.3) is 0 Å². The van der Waals surface area contributed by atoms with Crippen LogP contribution in [-0.2, 0) is 16.6 Å². The predicted octanol–water partition coefficient (Wildman–Crippen LogP) is 3.40. The molecule has 0 amide bonds. The third-order valence-electron chi connectivity index (χ3n) is 3.28. The van der Waals surface area contributed by atoms with Gasteiger partial charge in [0.15, 0.2) is 4.90 Å². The summed E-state index contributed by atoms with van der Waals surface area (Å²) in [6.07, 6.45) is 0. The van der Waals surface area contributed by atoms with Crippen LogP contribution in [0.1, 0.15) is 5.01 Å². The normalized spacial score (nSPS) is 12.2. The molecule has 0 saturated carbocycles. The van der Waals surface area contributed by atoms with Crippen LogP contribution in [-0.4, -0.2) is 24.8 Å². The van der Waals surface area contributed by atoms with Crippen molar-refractivity contribution in [3.8, 4) is 0 Å². The van der Waals surface area contributed by atoms with E-state index in [9.17, 15) is 17.2 Å². The van der Waals surface area contributed by atoms with Gasteiger partial charge in [-0.25, -0.2) is 22.2 Å². The molecule has 3 aromatic rings. The number of fused-ring (bicyclic) bond motifs is 1. The van der Waals surface area contributed by atoms with Crippen molar-refractivity contribution in [1.29, 1.82) is 0 Å². The summed E-state index contributed by atoms with van der Waals surface area (Å²) in [7, 11) is -3.01. The first kappa shape index (κ1) is 16.0. The first-order valence-electron chi connectivity index (χ1n) is 6.64. The average Bonchev–Trinajstić information content (AvgIpc) is 2.88. The summed E-state index contributed by atoms with van der Waals surface area (Å²) in [6, 6.07) is 10.3. The molecule has 0 saturated heterocycles. The van der Waals surface area contributed by atoms with Crippen LogP contribution in [0.3, 0.4) is 0 Å². The Morgan fingerprint density at radius 3 is 2.39 bits per heavy atom. The number of sulfonamides is 1. The number of rotatable bonds is 4. The maximum atomic E-state index is 13.8. The van der Waals surface area contributed by atoms with Crippen molar-refractivity contribution in [2.45, 2.75) is 11.4 Å². The largest absolute Gasteiger partial charge is 0.249 e. The molecule has 0 radical (unpaired) electrons. The second-order valence-electron chi connectivity index (χ2n) is 4.89. The SMILES string of the molecule is CN(Cc1nc2ccccc2s1)S(=O)(=O)c1c(F)cccc1F. The second kappa shape index (κ2) is 5.95. The van der Waals surface area contributed by atoms with E-state index in [1.165, 1.54) is 18.4 Å². The van der Waals surface area contributed by atoms with Gasteiger partial charge in [-0.2, -0.15) is 4.31 Å². The standard InChI is InChI=1S/C15H12F2N2O2S2/c1-19(9-14-18-12-7-2-3-8-13(12)22-14)23(20,21)15-10(16)5-4-6-11(15)17/h2-8H,9H2,1H3. The summed E-state index contributed by atoms with van der Waals surface area (Å²) in [5, 5.41) is 0.550. The lowest BCUT2D eigenvalue weighted by Crippen LogP contribution is -2.28. The van der Waals surface area contributed by atoms with Gasteiger partial charge in [-0.3, -0.25) is 0 Å². The summed E-state index contributed by atoms with van der Waals surface area (Å²) in [4.78, 5) is 3.39. The van der Waals surface area contributed by atoms with E-state index in [0.717, 1.165) is 32.7 Å². The minimum Gasteiger partial charge on any atom is -0.240 e. The van der Waals surface area contributed by atoms with E-state index in [4.69, 9.17) is 0 Å². The molecule has 0 fully saturated rings. The van der Waals surface area contributed by atoms with E-state index >= 15 is 0 Å². The van der Waals surface area contributed by atoms with Gasteiger partial charge in [0.1, 0.15) is 16.6 Å². The Morgan fingerprint density at radius 1 is 1.09 bits per heavy atom. The number of hydrogen-bond acceptors (Lipinski definition) is 4. The summed E-state index contributed by atoms with van der Waals surface area (Å²) < 4.78 is 54.2. The minimum absolute atomic E-state index is 0.0601. The molecule has 120 valence electrons. The van der Waals surface area contributed by atoms with Gasteiger partial charge in [0.2, 0.25) is 10.0 Å². The molecule has 0 aliphatic heterocycles. The Balaban J connectivity index is 1.94. The number of benzene rings is 2. The van der Waals surface area contributed by atoms with Gasteiger partial charge < -0.3 is 0 Å². The third kappa shape index (κ3) is 2.97. The maximum absolute atomic E-state index is 13.8. The van der Waals surface area contributed by atoms with E-state index in [0.29, 0.717) is 5.01 Å². The number of nitrogens with zero attached hydrogens (tertiary/aromatic N) is 2. The van der Waals surface area contributed by atoms with Gasteiger partial charge >= 0.3 is 0 Å². The lowest BCUT2D eigenvalue weighted by Gasteiger charge is -2.16. The van der Waals surface area contributed by atoms with E-state index in [1.807, 2.05) is 24.3 Å². The Bertz CT molecular complexity index is 917. The first-order valence-corrected chi connectivity index (χ1v) is 8.90. The monoisotopic (exact) mass is 354 g/mol. The summed E-state index contributed by atoms with van der Waals surface area (Å²) >= 11 is 1.34. The van der Waals surface area contributed by atoms with Gasteiger partial charge in [-0.15, -0.1) is 11.3 Å². The Labute approximate surface area is 136 Å². The van der Waals surface area contributed by atoms with Crippen LogP contribution in [0.4, 0.5) is 8.78 Å². The second-order valence-corrected chi connectivity index (χ2v) is 7.98. The molecule has 0 aliphatic rings. The highest BCUT2D eigenvalue weighted by atomic mass is 32.2. The maximum Gasteiger partial charge on any atom is 0.249 e. The molecule has 0 unspecified atom stereocenters. The van der Waals surface area contributed by atoms with E-state index in [1.54, 1.807) is 0 Å². The summed E-state index contributed by atoms with van der Waals surface area (Å²) in [5.41, 5.74) is 0.760. The van der Waals surface area contributed by atoms with E-state index in [-0.39, 0.29) is 6.54 Å². The van der Waals surface area contributed by atoms with Crippen LogP contribution < -0.4 is 0 Å². The van der Waals surface area contributed by atoms with Crippen molar-refractivity contribution in [3.05, 3.63) is 59.1 Å². The molecule has 23 heavy (non-hydrogen) atoms. The molecule has 0 bridgehead atoms. The molecule has 8 heteroatoms. The smallest absolute Gasteiger partial charge is 0.240 e. The molecule has 1 heterocycles. The van der Waals surface area contributed by atoms with Gasteiger partial charge in [0, 0.05) is 7.05 Å². The third-order valence-corrected chi connectivity index (χ3v) is 6.16. The lowest BCUT2D eigenvalue weighted by atomic mass is 10.3. The zero-order valence-electron chi connectivity index (χ0n) is 12.0. The number of hydrogen-bond donors (Lipinski definition) is 0. The van der Waals surface area contributed by atoms with Crippen LogP contribution in [0.2, 0.25) is 0 Å². The van der Waals surface area contributed by atoms with Crippen molar-refractivity contribution >= 4 is 31.6 Å². The van der Waals surface area contributed by atoms with Crippen molar-refractivity contribution < 1.29 is 17.2 Å². The quantitative estimate of drug-likeness (QED) is 0.722. The van der Waals surface area contributed by atoms with Crippen LogP contribution in [0.15, 0.2) is 47.4 Å². The van der Waals surface area contributed by atoms with Crippen LogP contribution >= 0.6 is 11.3 Å². The zero-order valence-corrected chi connectivity index (χ0v) is 13.7. The lowest BCUT2D eigenvalue weighted by molar-refractivity contribution is 0.447. The van der Waals surface area contributed by atoms with Gasteiger partial charge in [0.05, 0.1) is 16.8 Å². The summed E-state index contributed by atoms with van der Waals surface area (Å²) in [5.74, 6) is -2.22. The highest BCUT2D eigenvalue weighted by molar-refractivity contribution is 7.89. The molecular weight excluding hydrogens is 342 g/mol. The van der Waals surface area contributed by atoms with Crippen molar-refractivity contribution in [2.24, 2.45) is 0 Å². The average molecular weight is 354 g/mol. The molecular formula is C15H12F2N2O2S2. The highest BCUT2D eigenvalue weighted by Gasteiger charge is 2.28. The van der Waals surface area contributed by atoms with Crippen LogP contribution in [0, 0.1) is 11.6 Å². The fraction of sp³-hybridized carbons (Fsp3) is 0.133. The van der Waals surface area contributed by atoms with Gasteiger partial charge in [-0.05, 0) is 24.3 Å². The van der Waals surface area contributed by atoms with Gasteiger partial charge in [-0.1, -0.05) is 18.2 Å². The van der Waals surface area contributed by atoms with E-state index < -0.39 is 26.6 Å². The molecule has 2 aromatic carbocycles. The molecule has 1 aromatic heterocycles. The van der Waals surface area contributed by atoms with Crippen molar-refractivity contribution in [2.75, 3.05) is 7.05 Å². The van der Waals surface area contributed by atoms with Crippen LogP contribution in [0.25, 0.3) is 10.2 Å². The molecule has 0 N–H and O–H groups in total. The number of halogens is 2. The fourth-order valence-corrected chi connectivity index (χ4v) is 4.48. The molecule has 4 nitrogen and oxygen atoms in total. The fourth-order valence-electron chi connectivity index (χ4n) is 2.15. The minimum atomic E-state index is -4.29. The van der Waals surface area contributed by atoms with E-state index in [2.05, 4.69) is 4.98 Å². The topological polar surface area (TPSA) is 50.3 Å². The Kier molecular flexibility index (Phi) is 4.13. The Hall–Kier alpha value is -1.90. The molecule has 0 aliphatic carbocycles. The molecule has 0 spiro atoms. The zero-order chi connectivity index (χ0) is 16.6. The Morgan fingerprint density at radius 2 is 1.74 bits per heavy atom. The van der Waals surface area contributed by atoms with Crippen molar-refractivity contribution in [1.82, 2.24) is 9.29 Å². The van der Waals surface area contributed by atoms with Crippen LogP contribution in [0.5, 0.6) is 0 Å². The number of aromatic nitrogens is 1.